The van der Waals surface area contributed by atoms with E-state index in [1.165, 1.54) is 19.1 Å². The predicted octanol–water partition coefficient (Wildman–Crippen LogP) is 6.15. The number of ether oxygens (including phenoxy) is 2. The van der Waals surface area contributed by atoms with Crippen molar-refractivity contribution in [2.45, 2.75) is 25.7 Å². The van der Waals surface area contributed by atoms with E-state index < -0.39 is 47.0 Å². The summed E-state index contributed by atoms with van der Waals surface area (Å²) in [5, 5.41) is 13.7. The van der Waals surface area contributed by atoms with E-state index in [0.29, 0.717) is 6.07 Å². The first-order chi connectivity index (χ1) is 14.4. The lowest BCUT2D eigenvalue weighted by Crippen LogP contribution is -2.22. The maximum atomic E-state index is 13.8. The molecule has 0 fully saturated rings. The fourth-order valence-electron chi connectivity index (χ4n) is 2.67. The molecular weight excluding hydrogens is 516 g/mol. The molecule has 13 heteroatoms. The summed E-state index contributed by atoms with van der Waals surface area (Å²) >= 11 is 8.99. The second-order valence-corrected chi connectivity index (χ2v) is 7.21. The normalized spacial score (nSPS) is 12.2. The van der Waals surface area contributed by atoms with Crippen LogP contribution in [0.25, 0.3) is 0 Å². The van der Waals surface area contributed by atoms with Gasteiger partial charge in [0.05, 0.1) is 34.5 Å². The Kier molecular flexibility index (Phi) is 8.07. The van der Waals surface area contributed by atoms with E-state index in [1.54, 1.807) is 0 Å². The summed E-state index contributed by atoms with van der Waals surface area (Å²) in [6.45, 7) is 1.51. The average molecular weight is 530 g/mol. The molecule has 1 N–H and O–H groups in total. The van der Waals surface area contributed by atoms with Crippen LogP contribution in [0.1, 0.15) is 24.9 Å². The highest BCUT2D eigenvalue weighted by Gasteiger charge is 2.35. The number of nitro groups is 1. The van der Waals surface area contributed by atoms with Gasteiger partial charge in [-0.25, -0.2) is 4.39 Å². The number of benzene rings is 2. The number of hydrogen-bond acceptors (Lipinski definition) is 6. The molecular formula is C18H14BrClF4N2O5. The molecule has 2 aromatic rings. The molecule has 1 atom stereocenters. The zero-order chi connectivity index (χ0) is 23.3. The van der Waals surface area contributed by atoms with Gasteiger partial charge in [0.15, 0.2) is 0 Å². The van der Waals surface area contributed by atoms with Gasteiger partial charge in [-0.05, 0) is 41.1 Å². The molecule has 0 saturated carbocycles. The standard InChI is InChI=1S/C18H14BrClF4N2O5/c1-2-30-16(27)8-13(17-10(20)4-3-5-15(17)31-18(22,23)24)25-12-6-9(19)11(21)7-14(12)26(28)29/h3-7,13,25H,2,8H2,1H3/t13-/m1/s1. The second kappa shape index (κ2) is 10.1. The van der Waals surface area contributed by atoms with E-state index in [0.717, 1.165) is 12.1 Å². The van der Waals surface area contributed by atoms with E-state index in [1.807, 2.05) is 0 Å². The molecule has 0 amide bonds. The van der Waals surface area contributed by atoms with Crippen LogP contribution in [-0.2, 0) is 9.53 Å². The number of esters is 1. The number of carbonyl (C=O) groups is 1. The molecule has 0 saturated heterocycles. The van der Waals surface area contributed by atoms with Crippen LogP contribution in [0.2, 0.25) is 5.02 Å². The molecule has 0 aliphatic rings. The van der Waals surface area contributed by atoms with Gasteiger partial charge in [-0.15, -0.1) is 13.2 Å². The highest BCUT2D eigenvalue weighted by molar-refractivity contribution is 9.10. The van der Waals surface area contributed by atoms with Gasteiger partial charge in [-0.1, -0.05) is 17.7 Å². The van der Waals surface area contributed by atoms with Crippen molar-refractivity contribution >= 4 is 44.9 Å². The lowest BCUT2D eigenvalue weighted by molar-refractivity contribution is -0.384. The molecule has 2 aromatic carbocycles. The first kappa shape index (κ1) is 24.7. The Morgan fingerprint density at radius 2 is 2.03 bits per heavy atom. The second-order valence-electron chi connectivity index (χ2n) is 5.95. The number of carbonyl (C=O) groups excluding carboxylic acids is 1. The number of anilines is 1. The minimum atomic E-state index is -5.07. The Hall–Kier alpha value is -2.60. The van der Waals surface area contributed by atoms with E-state index in [-0.39, 0.29) is 27.4 Å². The number of nitro benzene ring substituents is 1. The predicted molar refractivity (Wildman–Crippen MR) is 107 cm³/mol. The van der Waals surface area contributed by atoms with Crippen molar-refractivity contribution in [2.75, 3.05) is 11.9 Å². The van der Waals surface area contributed by atoms with E-state index in [2.05, 4.69) is 26.0 Å². The van der Waals surface area contributed by atoms with Crippen molar-refractivity contribution in [1.82, 2.24) is 0 Å². The van der Waals surface area contributed by atoms with Gasteiger partial charge in [-0.3, -0.25) is 14.9 Å². The maximum absolute atomic E-state index is 13.8. The average Bonchev–Trinajstić information content (AvgIpc) is 2.63. The molecule has 0 unspecified atom stereocenters. The van der Waals surface area contributed by atoms with Crippen molar-refractivity contribution in [3.05, 3.63) is 61.3 Å². The van der Waals surface area contributed by atoms with Crippen molar-refractivity contribution in [2.24, 2.45) is 0 Å². The first-order valence-corrected chi connectivity index (χ1v) is 9.69. The first-order valence-electron chi connectivity index (χ1n) is 8.52. The summed E-state index contributed by atoms with van der Waals surface area (Å²) in [5.41, 5.74) is -1.27. The topological polar surface area (TPSA) is 90.7 Å². The van der Waals surface area contributed by atoms with Crippen molar-refractivity contribution < 1.29 is 36.8 Å². The third-order valence-electron chi connectivity index (χ3n) is 3.83. The van der Waals surface area contributed by atoms with Gasteiger partial charge in [0.25, 0.3) is 5.69 Å². The van der Waals surface area contributed by atoms with Crippen LogP contribution < -0.4 is 10.1 Å². The highest BCUT2D eigenvalue weighted by Crippen LogP contribution is 2.40. The molecule has 0 aromatic heterocycles. The van der Waals surface area contributed by atoms with Crippen molar-refractivity contribution in [3.8, 4) is 5.75 Å². The third-order valence-corrected chi connectivity index (χ3v) is 4.77. The fourth-order valence-corrected chi connectivity index (χ4v) is 3.31. The van der Waals surface area contributed by atoms with Crippen LogP contribution in [0.3, 0.4) is 0 Å². The van der Waals surface area contributed by atoms with Crippen molar-refractivity contribution in [1.29, 1.82) is 0 Å². The summed E-state index contributed by atoms with van der Waals surface area (Å²) in [6, 6.07) is 3.73. The molecule has 0 heterocycles. The molecule has 0 bridgehead atoms. The Labute approximate surface area is 186 Å². The van der Waals surface area contributed by atoms with Crippen LogP contribution >= 0.6 is 27.5 Å². The minimum absolute atomic E-state index is 0.0117. The lowest BCUT2D eigenvalue weighted by atomic mass is 10.0. The van der Waals surface area contributed by atoms with Crippen LogP contribution in [0, 0.1) is 15.9 Å². The van der Waals surface area contributed by atoms with Gasteiger partial charge in [0.1, 0.15) is 17.3 Å². The zero-order valence-corrected chi connectivity index (χ0v) is 18.0. The third kappa shape index (κ3) is 6.69. The smallest absolute Gasteiger partial charge is 0.466 e. The van der Waals surface area contributed by atoms with Gasteiger partial charge < -0.3 is 14.8 Å². The van der Waals surface area contributed by atoms with E-state index in [4.69, 9.17) is 16.3 Å². The Bertz CT molecular complexity index is 990. The van der Waals surface area contributed by atoms with Gasteiger partial charge in [0.2, 0.25) is 0 Å². The number of hydrogen-bond donors (Lipinski definition) is 1. The molecule has 2 rings (SSSR count). The van der Waals surface area contributed by atoms with Crippen LogP contribution in [0.15, 0.2) is 34.8 Å². The number of nitrogens with zero attached hydrogens (tertiary/aromatic N) is 1. The molecule has 0 spiro atoms. The quantitative estimate of drug-likeness (QED) is 0.191. The minimum Gasteiger partial charge on any atom is -0.466 e. The van der Waals surface area contributed by atoms with Gasteiger partial charge in [0, 0.05) is 10.6 Å². The number of nitrogens with one attached hydrogen (secondary N) is 1. The number of alkyl halides is 3. The van der Waals surface area contributed by atoms with Crippen LogP contribution in [0.5, 0.6) is 5.75 Å². The maximum Gasteiger partial charge on any atom is 0.573 e. The summed E-state index contributed by atoms with van der Waals surface area (Å²) in [5.74, 6) is -2.47. The largest absolute Gasteiger partial charge is 0.573 e. The molecule has 31 heavy (non-hydrogen) atoms. The Morgan fingerprint density at radius 3 is 2.61 bits per heavy atom. The SMILES string of the molecule is CCOC(=O)C[C@@H](Nc1cc(Br)c(F)cc1[N+](=O)[O-])c1c(Cl)cccc1OC(F)(F)F. The molecule has 168 valence electrons. The van der Waals surface area contributed by atoms with Crippen molar-refractivity contribution in [3.63, 3.8) is 0 Å². The highest BCUT2D eigenvalue weighted by atomic mass is 79.9. The molecule has 0 radical (unpaired) electrons. The Balaban J connectivity index is 2.60. The molecule has 0 aliphatic carbocycles. The summed E-state index contributed by atoms with van der Waals surface area (Å²) < 4.78 is 61.1. The Morgan fingerprint density at radius 1 is 1.35 bits per heavy atom. The van der Waals surface area contributed by atoms with Gasteiger partial charge >= 0.3 is 12.3 Å². The fraction of sp³-hybridized carbons (Fsp3) is 0.278. The van der Waals surface area contributed by atoms with Crippen LogP contribution in [-0.4, -0.2) is 23.9 Å². The van der Waals surface area contributed by atoms with Gasteiger partial charge in [-0.2, -0.15) is 0 Å². The molecule has 0 aliphatic heterocycles. The summed E-state index contributed by atoms with van der Waals surface area (Å²) in [6.07, 6.45) is -5.63. The number of halogens is 6. The lowest BCUT2D eigenvalue weighted by Gasteiger charge is -2.24. The monoisotopic (exact) mass is 528 g/mol. The zero-order valence-electron chi connectivity index (χ0n) is 15.6. The van der Waals surface area contributed by atoms with Crippen LogP contribution in [0.4, 0.5) is 28.9 Å². The summed E-state index contributed by atoms with van der Waals surface area (Å²) in [4.78, 5) is 22.5. The molecule has 7 nitrogen and oxygen atoms in total. The summed E-state index contributed by atoms with van der Waals surface area (Å²) in [7, 11) is 0. The van der Waals surface area contributed by atoms with E-state index >= 15 is 0 Å². The van der Waals surface area contributed by atoms with E-state index in [9.17, 15) is 32.5 Å². The number of rotatable bonds is 8.